The van der Waals surface area contributed by atoms with Crippen LogP contribution < -0.4 is 0 Å². The molecule has 3 amide bonds. The zero-order valence-corrected chi connectivity index (χ0v) is 13.7. The molecule has 0 saturated carbocycles. The summed E-state index contributed by atoms with van der Waals surface area (Å²) in [5.41, 5.74) is 0. The normalized spacial score (nSPS) is 19.4. The monoisotopic (exact) mass is 283 g/mol. The van der Waals surface area contributed by atoms with Crippen LogP contribution in [0, 0.1) is 5.92 Å². The second-order valence-corrected chi connectivity index (χ2v) is 6.33. The highest BCUT2D eigenvalue weighted by atomic mass is 16.2. The summed E-state index contributed by atoms with van der Waals surface area (Å²) in [6.07, 6.45) is 1.93. The van der Waals surface area contributed by atoms with E-state index in [1.165, 1.54) is 0 Å². The molecule has 0 aromatic rings. The van der Waals surface area contributed by atoms with Gasteiger partial charge in [0.05, 0.1) is 0 Å². The van der Waals surface area contributed by atoms with Gasteiger partial charge in [-0.05, 0) is 26.7 Å². The Bertz CT molecular complexity index is 355. The standard InChI is InChI=1S/C15H29N3O2/c1-11(2)14(19)17(6)13-8-7-9-18(10-13)15(20)16(5)12(3)4/h11-13H,7-10H2,1-6H3. The summed E-state index contributed by atoms with van der Waals surface area (Å²) in [6, 6.07) is 0.399. The van der Waals surface area contributed by atoms with Gasteiger partial charge in [-0.1, -0.05) is 13.8 Å². The summed E-state index contributed by atoms with van der Waals surface area (Å²) in [4.78, 5) is 29.9. The van der Waals surface area contributed by atoms with Crippen molar-refractivity contribution in [3.8, 4) is 0 Å². The fourth-order valence-electron chi connectivity index (χ4n) is 2.48. The van der Waals surface area contributed by atoms with Crippen LogP contribution in [0.3, 0.4) is 0 Å². The Balaban J connectivity index is 2.67. The van der Waals surface area contributed by atoms with Gasteiger partial charge in [0.25, 0.3) is 0 Å². The predicted molar refractivity (Wildman–Crippen MR) is 80.5 cm³/mol. The van der Waals surface area contributed by atoms with E-state index in [1.807, 2.05) is 51.6 Å². The van der Waals surface area contributed by atoms with Gasteiger partial charge in [-0.25, -0.2) is 4.79 Å². The SMILES string of the molecule is CC(C)C(=O)N(C)C1CCCN(C(=O)N(C)C(C)C)C1. The smallest absolute Gasteiger partial charge is 0.320 e. The van der Waals surface area contributed by atoms with Crippen molar-refractivity contribution < 1.29 is 9.59 Å². The summed E-state index contributed by atoms with van der Waals surface area (Å²) in [7, 11) is 3.69. The molecule has 5 nitrogen and oxygen atoms in total. The number of urea groups is 1. The average molecular weight is 283 g/mol. The van der Waals surface area contributed by atoms with Crippen molar-refractivity contribution in [1.29, 1.82) is 0 Å². The summed E-state index contributed by atoms with van der Waals surface area (Å²) in [6.45, 7) is 9.27. The van der Waals surface area contributed by atoms with Crippen molar-refractivity contribution in [2.45, 2.75) is 52.6 Å². The average Bonchev–Trinajstić information content (AvgIpc) is 2.43. The van der Waals surface area contributed by atoms with Crippen LogP contribution in [0.2, 0.25) is 0 Å². The van der Waals surface area contributed by atoms with E-state index in [9.17, 15) is 9.59 Å². The maximum atomic E-state index is 12.4. The predicted octanol–water partition coefficient (Wildman–Crippen LogP) is 2.03. The number of likely N-dealkylation sites (tertiary alicyclic amines) is 1. The maximum absolute atomic E-state index is 12.4. The second kappa shape index (κ2) is 6.95. The lowest BCUT2D eigenvalue weighted by Crippen LogP contribution is -2.54. The Kier molecular flexibility index (Phi) is 5.84. The molecule has 1 heterocycles. The van der Waals surface area contributed by atoms with Gasteiger partial charge >= 0.3 is 6.03 Å². The summed E-state index contributed by atoms with van der Waals surface area (Å²) in [5, 5.41) is 0. The topological polar surface area (TPSA) is 43.9 Å². The quantitative estimate of drug-likeness (QED) is 0.795. The molecule has 0 aromatic heterocycles. The highest BCUT2D eigenvalue weighted by Crippen LogP contribution is 2.18. The summed E-state index contributed by atoms with van der Waals surface area (Å²) < 4.78 is 0. The molecule has 1 fully saturated rings. The first-order chi connectivity index (χ1) is 9.25. The number of likely N-dealkylation sites (N-methyl/N-ethyl adjacent to an activating group) is 1. The molecule has 1 aliphatic heterocycles. The van der Waals surface area contributed by atoms with Gasteiger partial charge in [0, 0.05) is 45.2 Å². The van der Waals surface area contributed by atoms with Gasteiger partial charge in [0.1, 0.15) is 0 Å². The number of hydrogen-bond acceptors (Lipinski definition) is 2. The molecule has 116 valence electrons. The van der Waals surface area contributed by atoms with Gasteiger partial charge in [-0.2, -0.15) is 0 Å². The molecular weight excluding hydrogens is 254 g/mol. The highest BCUT2D eigenvalue weighted by molar-refractivity contribution is 5.78. The summed E-state index contributed by atoms with van der Waals surface area (Å²) >= 11 is 0. The van der Waals surface area contributed by atoms with E-state index in [2.05, 4.69) is 0 Å². The largest absolute Gasteiger partial charge is 0.341 e. The Morgan fingerprint density at radius 2 is 1.75 bits per heavy atom. The molecule has 20 heavy (non-hydrogen) atoms. The first kappa shape index (κ1) is 16.8. The highest BCUT2D eigenvalue weighted by Gasteiger charge is 2.30. The maximum Gasteiger partial charge on any atom is 0.320 e. The minimum Gasteiger partial charge on any atom is -0.341 e. The minimum absolute atomic E-state index is 0.00409. The Morgan fingerprint density at radius 1 is 1.15 bits per heavy atom. The van der Waals surface area contributed by atoms with E-state index in [-0.39, 0.29) is 29.9 Å². The number of amides is 3. The molecule has 5 heteroatoms. The number of carbonyl (C=O) groups excluding carboxylic acids is 2. The van der Waals surface area contributed by atoms with E-state index in [0.29, 0.717) is 6.54 Å². The summed E-state index contributed by atoms with van der Waals surface area (Å²) in [5.74, 6) is 0.158. The Labute approximate surface area is 122 Å². The van der Waals surface area contributed by atoms with Gasteiger partial charge < -0.3 is 14.7 Å². The van der Waals surface area contributed by atoms with Crippen LogP contribution in [-0.2, 0) is 4.79 Å². The van der Waals surface area contributed by atoms with Crippen LogP contribution in [0.1, 0.15) is 40.5 Å². The van der Waals surface area contributed by atoms with Crippen molar-refractivity contribution in [3.63, 3.8) is 0 Å². The molecule has 1 atom stereocenters. The van der Waals surface area contributed by atoms with Crippen molar-refractivity contribution >= 4 is 11.9 Å². The molecule has 0 radical (unpaired) electrons. The fraction of sp³-hybridized carbons (Fsp3) is 0.867. The zero-order chi connectivity index (χ0) is 15.4. The molecular formula is C15H29N3O2. The van der Waals surface area contributed by atoms with Crippen LogP contribution in [0.25, 0.3) is 0 Å². The lowest BCUT2D eigenvalue weighted by Gasteiger charge is -2.40. The molecule has 1 rings (SSSR count). The van der Waals surface area contributed by atoms with Crippen molar-refractivity contribution in [1.82, 2.24) is 14.7 Å². The number of rotatable bonds is 3. The van der Waals surface area contributed by atoms with Crippen LogP contribution in [0.15, 0.2) is 0 Å². The molecule has 0 N–H and O–H groups in total. The van der Waals surface area contributed by atoms with Crippen LogP contribution >= 0.6 is 0 Å². The molecule has 1 aliphatic rings. The number of carbonyl (C=O) groups is 2. The lowest BCUT2D eigenvalue weighted by atomic mass is 10.0. The van der Waals surface area contributed by atoms with E-state index in [4.69, 9.17) is 0 Å². The molecule has 0 spiro atoms. The van der Waals surface area contributed by atoms with Gasteiger partial charge in [0.15, 0.2) is 0 Å². The number of piperidine rings is 1. The van der Waals surface area contributed by atoms with Crippen LogP contribution in [0.5, 0.6) is 0 Å². The van der Waals surface area contributed by atoms with Crippen LogP contribution in [0.4, 0.5) is 4.79 Å². The third-order valence-electron chi connectivity index (χ3n) is 4.13. The van der Waals surface area contributed by atoms with Gasteiger partial charge in [-0.15, -0.1) is 0 Å². The molecule has 0 bridgehead atoms. The third-order valence-corrected chi connectivity index (χ3v) is 4.13. The van der Waals surface area contributed by atoms with E-state index in [0.717, 1.165) is 19.4 Å². The van der Waals surface area contributed by atoms with Crippen molar-refractivity contribution in [3.05, 3.63) is 0 Å². The lowest BCUT2D eigenvalue weighted by molar-refractivity contribution is -0.136. The van der Waals surface area contributed by atoms with E-state index >= 15 is 0 Å². The van der Waals surface area contributed by atoms with E-state index in [1.54, 1.807) is 4.90 Å². The molecule has 0 aromatic carbocycles. The first-order valence-corrected chi connectivity index (χ1v) is 7.54. The number of hydrogen-bond donors (Lipinski definition) is 0. The van der Waals surface area contributed by atoms with E-state index < -0.39 is 0 Å². The first-order valence-electron chi connectivity index (χ1n) is 7.54. The second-order valence-electron chi connectivity index (χ2n) is 6.33. The van der Waals surface area contributed by atoms with Gasteiger partial charge in [-0.3, -0.25) is 4.79 Å². The number of nitrogens with zero attached hydrogens (tertiary/aromatic N) is 3. The van der Waals surface area contributed by atoms with Gasteiger partial charge in [0.2, 0.25) is 5.91 Å². The fourth-order valence-corrected chi connectivity index (χ4v) is 2.48. The van der Waals surface area contributed by atoms with Crippen LogP contribution in [-0.4, -0.2) is 65.9 Å². The molecule has 1 saturated heterocycles. The van der Waals surface area contributed by atoms with Crippen molar-refractivity contribution in [2.75, 3.05) is 27.2 Å². The van der Waals surface area contributed by atoms with Crippen molar-refractivity contribution in [2.24, 2.45) is 5.92 Å². The Hall–Kier alpha value is -1.26. The zero-order valence-electron chi connectivity index (χ0n) is 13.7. The third kappa shape index (κ3) is 3.87. The Morgan fingerprint density at radius 3 is 2.25 bits per heavy atom. The minimum atomic E-state index is 0.00409. The molecule has 0 aliphatic carbocycles. The molecule has 1 unspecified atom stereocenters.